The Labute approximate surface area is 191 Å². The molecule has 2 heterocycles. The summed E-state index contributed by atoms with van der Waals surface area (Å²) in [5.41, 5.74) is 1.83. The van der Waals surface area contributed by atoms with Crippen LogP contribution >= 0.6 is 22.9 Å². The van der Waals surface area contributed by atoms with Crippen molar-refractivity contribution in [2.24, 2.45) is 0 Å². The number of thiazole rings is 1. The molecular formula is C22H24ClN3O3S2. The van der Waals surface area contributed by atoms with Crippen LogP contribution in [0.3, 0.4) is 0 Å². The first kappa shape index (κ1) is 22.0. The molecule has 1 fully saturated rings. The van der Waals surface area contributed by atoms with Crippen LogP contribution < -0.4 is 4.90 Å². The second kappa shape index (κ2) is 9.14. The predicted molar refractivity (Wildman–Crippen MR) is 126 cm³/mol. The summed E-state index contributed by atoms with van der Waals surface area (Å²) in [6.07, 6.45) is 0.563. The molecule has 1 aliphatic rings. The minimum absolute atomic E-state index is 0.00565. The van der Waals surface area contributed by atoms with Crippen LogP contribution in [0, 0.1) is 6.92 Å². The Hall–Kier alpha value is -2.16. The fourth-order valence-corrected chi connectivity index (χ4v) is 6.25. The molecule has 1 saturated heterocycles. The number of halogens is 1. The number of carbonyl (C=O) groups is 1. The van der Waals surface area contributed by atoms with Gasteiger partial charge in [0, 0.05) is 32.6 Å². The number of benzene rings is 2. The van der Waals surface area contributed by atoms with Crippen molar-refractivity contribution in [2.45, 2.75) is 24.7 Å². The number of hydrogen-bond acceptors (Lipinski definition) is 6. The van der Waals surface area contributed by atoms with Crippen molar-refractivity contribution in [3.63, 3.8) is 0 Å². The highest BCUT2D eigenvalue weighted by Crippen LogP contribution is 2.33. The van der Waals surface area contributed by atoms with Crippen molar-refractivity contribution in [2.75, 3.05) is 36.8 Å². The molecule has 0 bridgehead atoms. The molecule has 0 radical (unpaired) electrons. The Balaban J connectivity index is 1.28. The molecule has 2 aromatic carbocycles. The first-order valence-corrected chi connectivity index (χ1v) is 13.1. The number of sulfone groups is 1. The first-order chi connectivity index (χ1) is 14.8. The molecule has 9 heteroatoms. The van der Waals surface area contributed by atoms with E-state index in [1.807, 2.05) is 30.0 Å². The summed E-state index contributed by atoms with van der Waals surface area (Å²) in [6.45, 7) is 4.52. The third-order valence-corrected chi connectivity index (χ3v) is 8.65. The van der Waals surface area contributed by atoms with Gasteiger partial charge in [-0.2, -0.15) is 0 Å². The number of anilines is 1. The van der Waals surface area contributed by atoms with Gasteiger partial charge in [-0.25, -0.2) is 13.4 Å². The fraction of sp³-hybridized carbons (Fsp3) is 0.364. The van der Waals surface area contributed by atoms with E-state index >= 15 is 0 Å². The zero-order chi connectivity index (χ0) is 22.0. The molecule has 6 nitrogen and oxygen atoms in total. The van der Waals surface area contributed by atoms with Gasteiger partial charge in [-0.15, -0.1) is 0 Å². The van der Waals surface area contributed by atoms with E-state index in [0.717, 1.165) is 20.9 Å². The molecule has 0 N–H and O–H groups in total. The van der Waals surface area contributed by atoms with Gasteiger partial charge in [0.15, 0.2) is 15.0 Å². The lowest BCUT2D eigenvalue weighted by molar-refractivity contribution is -0.131. The van der Waals surface area contributed by atoms with Crippen LogP contribution in [0.1, 0.15) is 18.4 Å². The van der Waals surface area contributed by atoms with Gasteiger partial charge in [0.05, 0.1) is 20.4 Å². The standard InChI is InChI=1S/C22H24ClN3O3S2/c1-16-7-9-17(10-8-16)31(28,29)15-3-6-20(27)25-11-13-26(14-12-25)22-24-21-18(23)4-2-5-19(21)30-22/h2,4-5,7-10H,3,6,11-15H2,1H3. The summed E-state index contributed by atoms with van der Waals surface area (Å²) in [4.78, 5) is 21.5. The molecule has 31 heavy (non-hydrogen) atoms. The van der Waals surface area contributed by atoms with Gasteiger partial charge in [-0.05, 0) is 37.6 Å². The van der Waals surface area contributed by atoms with Gasteiger partial charge in [0.1, 0.15) is 5.52 Å². The largest absolute Gasteiger partial charge is 0.345 e. The second-order valence-electron chi connectivity index (χ2n) is 7.69. The minimum Gasteiger partial charge on any atom is -0.345 e. The van der Waals surface area contributed by atoms with Gasteiger partial charge >= 0.3 is 0 Å². The summed E-state index contributed by atoms with van der Waals surface area (Å²) in [6, 6.07) is 12.6. The van der Waals surface area contributed by atoms with Crippen molar-refractivity contribution in [1.82, 2.24) is 9.88 Å². The highest BCUT2D eigenvalue weighted by molar-refractivity contribution is 7.91. The van der Waals surface area contributed by atoms with E-state index in [1.54, 1.807) is 35.6 Å². The number of piperazine rings is 1. The van der Waals surface area contributed by atoms with Gasteiger partial charge in [-0.1, -0.05) is 46.7 Å². The Morgan fingerprint density at radius 2 is 1.81 bits per heavy atom. The monoisotopic (exact) mass is 477 g/mol. The van der Waals surface area contributed by atoms with Crippen LogP contribution in [-0.2, 0) is 14.6 Å². The zero-order valence-electron chi connectivity index (χ0n) is 17.3. The Morgan fingerprint density at radius 1 is 1.10 bits per heavy atom. The summed E-state index contributed by atoms with van der Waals surface area (Å²) in [5.74, 6) is -0.0140. The molecule has 0 atom stereocenters. The van der Waals surface area contributed by atoms with Crippen molar-refractivity contribution in [1.29, 1.82) is 0 Å². The number of amides is 1. The van der Waals surface area contributed by atoms with Crippen LogP contribution in [0.5, 0.6) is 0 Å². The van der Waals surface area contributed by atoms with E-state index in [-0.39, 0.29) is 18.1 Å². The smallest absolute Gasteiger partial charge is 0.222 e. The SMILES string of the molecule is Cc1ccc(S(=O)(=O)CCCC(=O)N2CCN(c3nc4c(Cl)cccc4s3)CC2)cc1. The summed E-state index contributed by atoms with van der Waals surface area (Å²) in [7, 11) is -3.36. The lowest BCUT2D eigenvalue weighted by Crippen LogP contribution is -2.48. The minimum atomic E-state index is -3.36. The normalized spacial score (nSPS) is 14.9. The van der Waals surface area contributed by atoms with Crippen LogP contribution in [0.25, 0.3) is 10.2 Å². The van der Waals surface area contributed by atoms with E-state index in [9.17, 15) is 13.2 Å². The van der Waals surface area contributed by atoms with E-state index in [1.165, 1.54) is 0 Å². The summed E-state index contributed by atoms with van der Waals surface area (Å²) >= 11 is 7.83. The molecule has 0 saturated carbocycles. The molecule has 1 aliphatic heterocycles. The van der Waals surface area contributed by atoms with Gasteiger partial charge in [0.2, 0.25) is 5.91 Å². The first-order valence-electron chi connectivity index (χ1n) is 10.2. The maximum absolute atomic E-state index is 12.6. The number of rotatable bonds is 6. The quantitative estimate of drug-likeness (QED) is 0.533. The van der Waals surface area contributed by atoms with Crippen LogP contribution in [0.2, 0.25) is 5.02 Å². The predicted octanol–water partition coefficient (Wildman–Crippen LogP) is 4.16. The van der Waals surface area contributed by atoms with E-state index < -0.39 is 9.84 Å². The average molecular weight is 478 g/mol. The molecule has 1 aromatic heterocycles. The lowest BCUT2D eigenvalue weighted by atomic mass is 10.2. The zero-order valence-corrected chi connectivity index (χ0v) is 19.6. The second-order valence-corrected chi connectivity index (χ2v) is 11.2. The van der Waals surface area contributed by atoms with Crippen LogP contribution in [-0.4, -0.2) is 56.1 Å². The fourth-order valence-electron chi connectivity index (χ4n) is 3.62. The lowest BCUT2D eigenvalue weighted by Gasteiger charge is -2.34. The Bertz CT molecular complexity index is 1180. The van der Waals surface area contributed by atoms with Gasteiger partial charge < -0.3 is 9.80 Å². The topological polar surface area (TPSA) is 70.6 Å². The molecule has 1 amide bonds. The molecular weight excluding hydrogens is 454 g/mol. The maximum Gasteiger partial charge on any atom is 0.222 e. The van der Waals surface area contributed by atoms with E-state index in [4.69, 9.17) is 11.6 Å². The number of nitrogens with zero attached hydrogens (tertiary/aromatic N) is 3. The summed E-state index contributed by atoms with van der Waals surface area (Å²) < 4.78 is 26.0. The third-order valence-electron chi connectivity index (χ3n) is 5.45. The van der Waals surface area contributed by atoms with Crippen LogP contribution in [0.15, 0.2) is 47.4 Å². The Kier molecular flexibility index (Phi) is 6.50. The molecule has 0 spiro atoms. The number of carbonyl (C=O) groups excluding carboxylic acids is 1. The number of hydrogen-bond donors (Lipinski definition) is 0. The molecule has 0 unspecified atom stereocenters. The molecule has 164 valence electrons. The number of aryl methyl sites for hydroxylation is 1. The molecule has 0 aliphatic carbocycles. The number of para-hydroxylation sites is 1. The van der Waals surface area contributed by atoms with Gasteiger partial charge in [-0.3, -0.25) is 4.79 Å². The van der Waals surface area contributed by atoms with Crippen molar-refractivity contribution < 1.29 is 13.2 Å². The van der Waals surface area contributed by atoms with Crippen molar-refractivity contribution in [3.05, 3.63) is 53.1 Å². The van der Waals surface area contributed by atoms with Crippen molar-refractivity contribution >= 4 is 54.0 Å². The summed E-state index contributed by atoms with van der Waals surface area (Å²) in [5, 5.41) is 1.56. The molecule has 3 aromatic rings. The van der Waals surface area contributed by atoms with E-state index in [0.29, 0.717) is 42.5 Å². The van der Waals surface area contributed by atoms with Crippen molar-refractivity contribution in [3.8, 4) is 0 Å². The third kappa shape index (κ3) is 5.02. The highest BCUT2D eigenvalue weighted by atomic mass is 35.5. The number of fused-ring (bicyclic) bond motifs is 1. The number of aromatic nitrogens is 1. The Morgan fingerprint density at radius 3 is 2.48 bits per heavy atom. The maximum atomic E-state index is 12.6. The average Bonchev–Trinajstić information content (AvgIpc) is 3.20. The van der Waals surface area contributed by atoms with Gasteiger partial charge in [0.25, 0.3) is 0 Å². The van der Waals surface area contributed by atoms with Crippen LogP contribution in [0.4, 0.5) is 5.13 Å². The molecule has 4 rings (SSSR count). The highest BCUT2D eigenvalue weighted by Gasteiger charge is 2.24. The van der Waals surface area contributed by atoms with E-state index in [2.05, 4.69) is 9.88 Å².